The molecule has 1 fully saturated rings. The van der Waals surface area contributed by atoms with Gasteiger partial charge in [0.2, 0.25) is 0 Å². The van der Waals surface area contributed by atoms with Crippen LogP contribution >= 0.6 is 22.6 Å². The van der Waals surface area contributed by atoms with Crippen molar-refractivity contribution >= 4 is 22.6 Å². The van der Waals surface area contributed by atoms with Crippen molar-refractivity contribution in [2.24, 2.45) is 0 Å². The maximum absolute atomic E-state index is 5.28. The molecule has 1 aromatic heterocycles. The zero-order chi connectivity index (χ0) is 7.68. The molecule has 0 amide bonds. The molecule has 1 N–H and O–H groups in total. The summed E-state index contributed by atoms with van der Waals surface area (Å²) < 4.78 is 6.50. The van der Waals surface area contributed by atoms with E-state index in [0.29, 0.717) is 5.92 Å². The Labute approximate surface area is 78.7 Å². The van der Waals surface area contributed by atoms with Crippen molar-refractivity contribution in [1.29, 1.82) is 0 Å². The Morgan fingerprint density at radius 3 is 3.18 bits per heavy atom. The monoisotopic (exact) mass is 264 g/mol. The maximum Gasteiger partial charge on any atom is 0.0810 e. The molecule has 11 heavy (non-hydrogen) atoms. The van der Waals surface area contributed by atoms with Crippen molar-refractivity contribution in [3.8, 4) is 0 Å². The van der Waals surface area contributed by atoms with E-state index in [1.807, 2.05) is 6.20 Å². The number of aromatic amines is 1. The largest absolute Gasteiger partial charge is 0.381 e. The Hall–Kier alpha value is -0.100. The Morgan fingerprint density at radius 2 is 2.64 bits per heavy atom. The van der Waals surface area contributed by atoms with Gasteiger partial charge in [-0.15, -0.1) is 0 Å². The van der Waals surface area contributed by atoms with E-state index in [1.165, 1.54) is 9.26 Å². The van der Waals surface area contributed by atoms with Gasteiger partial charge in [0.05, 0.1) is 15.9 Å². The SMILES string of the molecule is Ic1c[nH]nc1C1CCOC1. The van der Waals surface area contributed by atoms with Gasteiger partial charge in [0, 0.05) is 18.7 Å². The summed E-state index contributed by atoms with van der Waals surface area (Å²) in [5, 5.41) is 7.05. The van der Waals surface area contributed by atoms with E-state index < -0.39 is 0 Å². The zero-order valence-electron chi connectivity index (χ0n) is 6.01. The standard InChI is InChI=1S/C7H9IN2O/c8-6-3-9-10-7(6)5-1-2-11-4-5/h3,5H,1-2,4H2,(H,9,10). The molecule has 0 aromatic carbocycles. The first-order valence-corrected chi connectivity index (χ1v) is 4.72. The second kappa shape index (κ2) is 3.10. The van der Waals surface area contributed by atoms with Gasteiger partial charge in [-0.25, -0.2) is 0 Å². The lowest BCUT2D eigenvalue weighted by Gasteiger charge is -2.02. The Bertz CT molecular complexity index is 242. The minimum Gasteiger partial charge on any atom is -0.381 e. The second-order valence-corrected chi connectivity index (χ2v) is 3.84. The van der Waals surface area contributed by atoms with E-state index in [2.05, 4.69) is 32.8 Å². The number of halogens is 1. The Balaban J connectivity index is 2.21. The van der Waals surface area contributed by atoms with Crippen LogP contribution in [0.5, 0.6) is 0 Å². The van der Waals surface area contributed by atoms with E-state index in [-0.39, 0.29) is 0 Å². The number of H-pyrrole nitrogens is 1. The summed E-state index contributed by atoms with van der Waals surface area (Å²) in [4.78, 5) is 0. The molecule has 4 heteroatoms. The topological polar surface area (TPSA) is 37.9 Å². The molecule has 1 aliphatic heterocycles. The summed E-state index contributed by atoms with van der Waals surface area (Å²) in [7, 11) is 0. The number of hydrogen-bond acceptors (Lipinski definition) is 2. The highest BCUT2D eigenvalue weighted by Gasteiger charge is 2.21. The van der Waals surface area contributed by atoms with Crippen LogP contribution in [0.15, 0.2) is 6.20 Å². The first-order chi connectivity index (χ1) is 5.38. The van der Waals surface area contributed by atoms with Crippen molar-refractivity contribution in [2.75, 3.05) is 13.2 Å². The van der Waals surface area contributed by atoms with Gasteiger partial charge in [-0.2, -0.15) is 5.10 Å². The summed E-state index contributed by atoms with van der Waals surface area (Å²) in [5.74, 6) is 0.521. The summed E-state index contributed by atoms with van der Waals surface area (Å²) in [6.45, 7) is 1.72. The van der Waals surface area contributed by atoms with Crippen LogP contribution in [0.2, 0.25) is 0 Å². The predicted octanol–water partition coefficient (Wildman–Crippen LogP) is 1.52. The molecular formula is C7H9IN2O. The average Bonchev–Trinajstić information content (AvgIpc) is 2.55. The number of nitrogens with one attached hydrogen (secondary N) is 1. The minimum atomic E-state index is 0.521. The molecule has 3 nitrogen and oxygen atoms in total. The zero-order valence-corrected chi connectivity index (χ0v) is 8.17. The molecule has 1 unspecified atom stereocenters. The van der Waals surface area contributed by atoms with Crippen LogP contribution in [-0.4, -0.2) is 23.4 Å². The van der Waals surface area contributed by atoms with Crippen LogP contribution < -0.4 is 0 Å². The summed E-state index contributed by atoms with van der Waals surface area (Å²) >= 11 is 2.30. The van der Waals surface area contributed by atoms with Crippen molar-refractivity contribution in [1.82, 2.24) is 10.2 Å². The summed E-state index contributed by atoms with van der Waals surface area (Å²) in [5.41, 5.74) is 1.17. The van der Waals surface area contributed by atoms with E-state index in [1.54, 1.807) is 0 Å². The normalized spacial score (nSPS) is 24.3. The summed E-state index contributed by atoms with van der Waals surface area (Å²) in [6, 6.07) is 0. The lowest BCUT2D eigenvalue weighted by Crippen LogP contribution is -1.99. The Kier molecular flexibility index (Phi) is 2.13. The molecular weight excluding hydrogens is 255 g/mol. The summed E-state index contributed by atoms with van der Waals surface area (Å²) in [6.07, 6.45) is 3.04. The Morgan fingerprint density at radius 1 is 1.73 bits per heavy atom. The molecule has 1 aliphatic rings. The van der Waals surface area contributed by atoms with E-state index in [0.717, 1.165) is 19.6 Å². The van der Waals surface area contributed by atoms with Gasteiger partial charge >= 0.3 is 0 Å². The minimum absolute atomic E-state index is 0.521. The quantitative estimate of drug-likeness (QED) is 0.781. The highest BCUT2D eigenvalue weighted by atomic mass is 127. The lowest BCUT2D eigenvalue weighted by atomic mass is 10.1. The van der Waals surface area contributed by atoms with Crippen molar-refractivity contribution < 1.29 is 4.74 Å². The number of aromatic nitrogens is 2. The van der Waals surface area contributed by atoms with Crippen LogP contribution in [0.1, 0.15) is 18.0 Å². The van der Waals surface area contributed by atoms with Gasteiger partial charge in [-0.1, -0.05) is 0 Å². The van der Waals surface area contributed by atoms with Gasteiger partial charge in [-0.3, -0.25) is 5.10 Å². The molecule has 1 saturated heterocycles. The predicted molar refractivity (Wildman–Crippen MR) is 49.5 cm³/mol. The molecule has 60 valence electrons. The first kappa shape index (κ1) is 7.54. The van der Waals surface area contributed by atoms with Crippen molar-refractivity contribution in [3.63, 3.8) is 0 Å². The molecule has 1 atom stereocenters. The second-order valence-electron chi connectivity index (χ2n) is 2.68. The van der Waals surface area contributed by atoms with Gasteiger partial charge in [0.25, 0.3) is 0 Å². The van der Waals surface area contributed by atoms with Gasteiger partial charge in [0.15, 0.2) is 0 Å². The van der Waals surface area contributed by atoms with Crippen LogP contribution in [-0.2, 0) is 4.74 Å². The first-order valence-electron chi connectivity index (χ1n) is 3.65. The van der Waals surface area contributed by atoms with Crippen LogP contribution in [0.25, 0.3) is 0 Å². The van der Waals surface area contributed by atoms with Crippen molar-refractivity contribution in [2.45, 2.75) is 12.3 Å². The molecule has 1 aromatic rings. The van der Waals surface area contributed by atoms with Gasteiger partial charge in [-0.05, 0) is 29.0 Å². The number of hydrogen-bond donors (Lipinski definition) is 1. The molecule has 0 aliphatic carbocycles. The maximum atomic E-state index is 5.28. The van der Waals surface area contributed by atoms with E-state index in [9.17, 15) is 0 Å². The van der Waals surface area contributed by atoms with Crippen LogP contribution in [0.3, 0.4) is 0 Å². The lowest BCUT2D eigenvalue weighted by molar-refractivity contribution is 0.193. The number of ether oxygens (including phenoxy) is 1. The smallest absolute Gasteiger partial charge is 0.0810 e. The fourth-order valence-electron chi connectivity index (χ4n) is 1.32. The fraction of sp³-hybridized carbons (Fsp3) is 0.571. The molecule has 0 radical (unpaired) electrons. The van der Waals surface area contributed by atoms with Crippen LogP contribution in [0, 0.1) is 3.57 Å². The third-order valence-corrected chi connectivity index (χ3v) is 2.80. The molecule has 0 saturated carbocycles. The molecule has 2 rings (SSSR count). The van der Waals surface area contributed by atoms with Gasteiger partial charge < -0.3 is 4.74 Å². The average molecular weight is 264 g/mol. The van der Waals surface area contributed by atoms with E-state index >= 15 is 0 Å². The van der Waals surface area contributed by atoms with E-state index in [4.69, 9.17) is 4.74 Å². The third kappa shape index (κ3) is 1.41. The molecule has 0 spiro atoms. The number of nitrogens with zero attached hydrogens (tertiary/aromatic N) is 1. The van der Waals surface area contributed by atoms with Gasteiger partial charge in [0.1, 0.15) is 0 Å². The van der Waals surface area contributed by atoms with Crippen molar-refractivity contribution in [3.05, 3.63) is 15.5 Å². The highest BCUT2D eigenvalue weighted by molar-refractivity contribution is 14.1. The molecule has 0 bridgehead atoms. The fourth-order valence-corrected chi connectivity index (χ4v) is 2.02. The van der Waals surface area contributed by atoms with Crippen LogP contribution in [0.4, 0.5) is 0 Å². The third-order valence-electron chi connectivity index (χ3n) is 1.94. The number of rotatable bonds is 1. The highest BCUT2D eigenvalue weighted by Crippen LogP contribution is 2.26. The molecule has 2 heterocycles.